The molecule has 1 heterocycles. The molecule has 3 aromatic rings. The zero-order valence-electron chi connectivity index (χ0n) is 17.4. The van der Waals surface area contributed by atoms with Gasteiger partial charge in [0, 0.05) is 25.1 Å². The third kappa shape index (κ3) is 3.93. The summed E-state index contributed by atoms with van der Waals surface area (Å²) in [6.45, 7) is 1.52. The lowest BCUT2D eigenvalue weighted by atomic mass is 9.80. The van der Waals surface area contributed by atoms with Gasteiger partial charge in [0.2, 0.25) is 0 Å². The Hall–Kier alpha value is -3.19. The molecule has 1 aromatic heterocycles. The molecule has 7 heteroatoms. The molecular formula is C24H27N5O2. The van der Waals surface area contributed by atoms with Crippen LogP contribution in [0.5, 0.6) is 0 Å². The third-order valence-electron chi connectivity index (χ3n) is 6.47. The van der Waals surface area contributed by atoms with Gasteiger partial charge in [0.25, 0.3) is 0 Å². The quantitative estimate of drug-likeness (QED) is 0.615. The van der Waals surface area contributed by atoms with Crippen molar-refractivity contribution in [2.24, 2.45) is 11.7 Å². The highest BCUT2D eigenvalue weighted by molar-refractivity contribution is 5.79. The van der Waals surface area contributed by atoms with E-state index in [1.807, 2.05) is 35.1 Å². The number of benzene rings is 2. The Kier molecular flexibility index (Phi) is 5.42. The van der Waals surface area contributed by atoms with E-state index in [0.717, 1.165) is 25.1 Å². The molecule has 31 heavy (non-hydrogen) atoms. The van der Waals surface area contributed by atoms with Gasteiger partial charge in [0.15, 0.2) is 0 Å². The van der Waals surface area contributed by atoms with E-state index >= 15 is 0 Å². The monoisotopic (exact) mass is 417 g/mol. The molecule has 2 aliphatic rings. The van der Waals surface area contributed by atoms with E-state index in [4.69, 9.17) is 10.5 Å². The first-order valence-electron chi connectivity index (χ1n) is 10.9. The van der Waals surface area contributed by atoms with E-state index in [1.165, 1.54) is 22.3 Å². The van der Waals surface area contributed by atoms with Gasteiger partial charge in [0.05, 0.1) is 11.7 Å². The van der Waals surface area contributed by atoms with Crippen LogP contribution in [0.15, 0.2) is 54.7 Å². The van der Waals surface area contributed by atoms with E-state index in [0.29, 0.717) is 31.5 Å². The maximum atomic E-state index is 12.3. The zero-order chi connectivity index (χ0) is 21.2. The summed E-state index contributed by atoms with van der Waals surface area (Å²) in [6, 6.07) is 17.0. The van der Waals surface area contributed by atoms with Crippen molar-refractivity contribution >= 4 is 6.09 Å². The molecule has 1 saturated carbocycles. The number of nitrogens with zero attached hydrogens (tertiary/aromatic N) is 3. The Morgan fingerprint density at radius 3 is 2.45 bits per heavy atom. The summed E-state index contributed by atoms with van der Waals surface area (Å²) in [6.07, 6.45) is 4.32. The molecule has 0 saturated heterocycles. The van der Waals surface area contributed by atoms with Crippen molar-refractivity contribution in [3.05, 3.63) is 71.5 Å². The molecule has 5 rings (SSSR count). The van der Waals surface area contributed by atoms with Crippen LogP contribution in [-0.4, -0.2) is 40.8 Å². The van der Waals surface area contributed by atoms with Crippen molar-refractivity contribution < 1.29 is 9.53 Å². The van der Waals surface area contributed by atoms with Gasteiger partial charge in [-0.3, -0.25) is 0 Å². The number of hydrogen-bond acceptors (Lipinski definition) is 5. The third-order valence-corrected chi connectivity index (χ3v) is 6.47. The van der Waals surface area contributed by atoms with Crippen LogP contribution in [0.2, 0.25) is 0 Å². The molecule has 0 bridgehead atoms. The number of nitrogens with two attached hydrogens (primary N) is 1. The molecule has 2 aromatic carbocycles. The first kappa shape index (κ1) is 19.8. The van der Waals surface area contributed by atoms with Crippen molar-refractivity contribution in [3.8, 4) is 11.1 Å². The minimum Gasteiger partial charge on any atom is -0.449 e. The Bertz CT molecular complexity index is 1030. The van der Waals surface area contributed by atoms with Gasteiger partial charge in [-0.1, -0.05) is 53.7 Å². The topological polar surface area (TPSA) is 95.1 Å². The minimum absolute atomic E-state index is 0.0675. The largest absolute Gasteiger partial charge is 0.449 e. The zero-order valence-corrected chi connectivity index (χ0v) is 17.4. The van der Waals surface area contributed by atoms with Crippen molar-refractivity contribution in [1.29, 1.82) is 0 Å². The number of nitrogens with one attached hydrogen (secondary N) is 1. The summed E-state index contributed by atoms with van der Waals surface area (Å²) in [5, 5.41) is 11.3. The Labute approximate surface area is 181 Å². The van der Waals surface area contributed by atoms with Crippen LogP contribution < -0.4 is 11.1 Å². The highest BCUT2D eigenvalue weighted by Crippen LogP contribution is 2.44. The van der Waals surface area contributed by atoms with Crippen LogP contribution in [0, 0.1) is 5.92 Å². The van der Waals surface area contributed by atoms with E-state index in [-0.39, 0.29) is 5.92 Å². The summed E-state index contributed by atoms with van der Waals surface area (Å²) in [5.74, 6) is 0.672. The van der Waals surface area contributed by atoms with Gasteiger partial charge in [-0.25, -0.2) is 9.48 Å². The molecule has 1 amide bonds. The summed E-state index contributed by atoms with van der Waals surface area (Å²) in [5.41, 5.74) is 11.4. The molecular weight excluding hydrogens is 390 g/mol. The number of aromatic nitrogens is 3. The normalized spacial score (nSPS) is 19.4. The lowest BCUT2D eigenvalue weighted by Crippen LogP contribution is -2.32. The summed E-state index contributed by atoms with van der Waals surface area (Å²) < 4.78 is 7.49. The van der Waals surface area contributed by atoms with E-state index < -0.39 is 6.09 Å². The number of hydrogen-bond donors (Lipinski definition) is 2. The molecule has 0 spiro atoms. The maximum Gasteiger partial charge on any atom is 0.407 e. The van der Waals surface area contributed by atoms with Gasteiger partial charge >= 0.3 is 6.09 Å². The van der Waals surface area contributed by atoms with Crippen molar-refractivity contribution in [1.82, 2.24) is 20.3 Å². The smallest absolute Gasteiger partial charge is 0.407 e. The molecule has 1 fully saturated rings. The molecule has 0 radical (unpaired) electrons. The number of carbonyl (C=O) groups is 1. The first-order chi connectivity index (χ1) is 15.2. The fourth-order valence-electron chi connectivity index (χ4n) is 4.66. The number of rotatable bonds is 7. The molecule has 160 valence electrons. The summed E-state index contributed by atoms with van der Waals surface area (Å²) in [4.78, 5) is 12.3. The predicted octanol–water partition coefficient (Wildman–Crippen LogP) is 3.27. The van der Waals surface area contributed by atoms with Crippen LogP contribution in [0.25, 0.3) is 11.1 Å². The number of fused-ring (bicyclic) bond motifs is 3. The van der Waals surface area contributed by atoms with Crippen LogP contribution in [-0.2, 0) is 11.2 Å². The molecule has 0 atom stereocenters. The van der Waals surface area contributed by atoms with Gasteiger partial charge in [0.1, 0.15) is 6.61 Å². The van der Waals surface area contributed by atoms with Crippen molar-refractivity contribution in [2.45, 2.75) is 31.2 Å². The summed E-state index contributed by atoms with van der Waals surface area (Å²) >= 11 is 0. The first-order valence-corrected chi connectivity index (χ1v) is 10.9. The molecule has 0 unspecified atom stereocenters. The molecule has 2 aliphatic carbocycles. The van der Waals surface area contributed by atoms with Gasteiger partial charge in [-0.05, 0) is 47.6 Å². The Morgan fingerprint density at radius 2 is 1.77 bits per heavy atom. The highest BCUT2D eigenvalue weighted by Gasteiger charge is 2.30. The van der Waals surface area contributed by atoms with E-state index in [9.17, 15) is 4.79 Å². The van der Waals surface area contributed by atoms with Crippen molar-refractivity contribution in [2.75, 3.05) is 19.7 Å². The maximum absolute atomic E-state index is 12.3. The summed E-state index contributed by atoms with van der Waals surface area (Å²) in [7, 11) is 0. The molecule has 7 nitrogen and oxygen atoms in total. The number of ether oxygens (including phenoxy) is 1. The van der Waals surface area contributed by atoms with Gasteiger partial charge < -0.3 is 15.8 Å². The van der Waals surface area contributed by atoms with Gasteiger partial charge in [-0.2, -0.15) is 0 Å². The predicted molar refractivity (Wildman–Crippen MR) is 118 cm³/mol. The second-order valence-electron chi connectivity index (χ2n) is 8.42. The average molecular weight is 418 g/mol. The standard InChI is InChI=1S/C24H27N5O2/c25-13-16-11-18(12-16)29-14-17(27-28-29)9-10-26-24(30)31-15-23-21-7-3-1-5-19(21)20-6-2-4-8-22(20)23/h1-8,14,16,18,23H,9-13,15,25H2,(H,26,30). The van der Waals surface area contributed by atoms with Crippen LogP contribution in [0.3, 0.4) is 0 Å². The Morgan fingerprint density at radius 1 is 1.10 bits per heavy atom. The Balaban J connectivity index is 1.11. The van der Waals surface area contributed by atoms with Crippen LogP contribution in [0.1, 0.15) is 41.6 Å². The molecule has 0 aliphatic heterocycles. The highest BCUT2D eigenvalue weighted by atomic mass is 16.5. The van der Waals surface area contributed by atoms with E-state index in [2.05, 4.69) is 39.9 Å². The number of amides is 1. The lowest BCUT2D eigenvalue weighted by molar-refractivity contribution is 0.143. The fraction of sp³-hybridized carbons (Fsp3) is 0.375. The van der Waals surface area contributed by atoms with E-state index in [1.54, 1.807) is 0 Å². The van der Waals surface area contributed by atoms with Crippen LogP contribution >= 0.6 is 0 Å². The average Bonchev–Trinajstić information content (AvgIpc) is 3.34. The second-order valence-corrected chi connectivity index (χ2v) is 8.42. The number of carbonyl (C=O) groups excluding carboxylic acids is 1. The minimum atomic E-state index is -0.404. The van der Waals surface area contributed by atoms with Crippen molar-refractivity contribution in [3.63, 3.8) is 0 Å². The fourth-order valence-corrected chi connectivity index (χ4v) is 4.66. The second kappa shape index (κ2) is 8.51. The SMILES string of the molecule is NCC1CC(n2cc(CCNC(=O)OCC3c4ccccc4-c4ccccc43)nn2)C1. The van der Waals surface area contributed by atoms with Crippen LogP contribution in [0.4, 0.5) is 4.79 Å². The molecule has 3 N–H and O–H groups in total. The lowest BCUT2D eigenvalue weighted by Gasteiger charge is -2.33. The van der Waals surface area contributed by atoms with Gasteiger partial charge in [-0.15, -0.1) is 5.10 Å². The number of alkyl carbamates (subject to hydrolysis) is 1.